The van der Waals surface area contributed by atoms with Crippen LogP contribution in [0, 0.1) is 0 Å². The van der Waals surface area contributed by atoms with Crippen LogP contribution in [0.2, 0.25) is 0 Å². The van der Waals surface area contributed by atoms with Gasteiger partial charge in [0.05, 0.1) is 0 Å². The van der Waals surface area contributed by atoms with Crippen molar-refractivity contribution >= 4 is 46.2 Å². The zero-order valence-corrected chi connectivity index (χ0v) is 16.9. The third kappa shape index (κ3) is 5.41. The summed E-state index contributed by atoms with van der Waals surface area (Å²) in [7, 11) is 0. The first-order valence-corrected chi connectivity index (χ1v) is 10.5. The number of anilines is 6. The summed E-state index contributed by atoms with van der Waals surface area (Å²) in [5, 5.41) is 9.73. The first-order valence-electron chi connectivity index (χ1n) is 9.44. The number of aromatic nitrogens is 3. The third-order valence-corrected chi connectivity index (χ3v) is 4.81. The van der Waals surface area contributed by atoms with Crippen LogP contribution in [-0.2, 0) is 11.3 Å². The topological polar surface area (TPSA) is 127 Å². The Morgan fingerprint density at radius 1 is 0.833 bits per heavy atom. The van der Waals surface area contributed by atoms with E-state index in [4.69, 9.17) is 4.55 Å². The Hall–Kier alpha value is -3.28. The highest BCUT2D eigenvalue weighted by atomic mass is 32.2. The van der Waals surface area contributed by atoms with Crippen LogP contribution in [0.25, 0.3) is 0 Å². The van der Waals surface area contributed by atoms with Gasteiger partial charge in [-0.15, -0.1) is 0 Å². The third-order valence-electron chi connectivity index (χ3n) is 4.40. The van der Waals surface area contributed by atoms with Gasteiger partial charge in [-0.25, -0.2) is 4.21 Å². The van der Waals surface area contributed by atoms with Gasteiger partial charge in [-0.3, -0.25) is 9.27 Å². The van der Waals surface area contributed by atoms with Gasteiger partial charge in [0.25, 0.3) is 11.3 Å². The molecule has 0 spiro atoms. The van der Waals surface area contributed by atoms with Gasteiger partial charge in [0.2, 0.25) is 17.8 Å². The minimum Gasteiger partial charge on any atom is -0.338 e. The van der Waals surface area contributed by atoms with E-state index in [0.29, 0.717) is 23.5 Å². The van der Waals surface area contributed by atoms with Crippen molar-refractivity contribution in [1.82, 2.24) is 20.3 Å². The minimum atomic E-state index is -2.11. The molecule has 1 atom stereocenters. The second-order valence-corrected chi connectivity index (χ2v) is 7.27. The molecule has 1 aliphatic rings. The van der Waals surface area contributed by atoms with E-state index >= 15 is 0 Å². The van der Waals surface area contributed by atoms with Crippen molar-refractivity contribution < 1.29 is 8.76 Å². The molecule has 3 aromatic rings. The molecule has 2 aromatic carbocycles. The second-order valence-electron chi connectivity index (χ2n) is 6.56. The molecule has 0 aliphatic carbocycles. The highest BCUT2D eigenvalue weighted by molar-refractivity contribution is 7.80. The molecule has 0 amide bonds. The largest absolute Gasteiger partial charge is 0.338 e. The van der Waals surface area contributed by atoms with Crippen molar-refractivity contribution in [1.29, 1.82) is 0 Å². The van der Waals surface area contributed by atoms with Crippen LogP contribution in [0.5, 0.6) is 0 Å². The lowest BCUT2D eigenvalue weighted by Gasteiger charge is -2.27. The summed E-state index contributed by atoms with van der Waals surface area (Å²) >= 11 is -2.11. The van der Waals surface area contributed by atoms with Crippen molar-refractivity contribution in [3.8, 4) is 0 Å². The molecule has 10 nitrogen and oxygen atoms in total. The van der Waals surface area contributed by atoms with Gasteiger partial charge in [0, 0.05) is 43.2 Å². The van der Waals surface area contributed by atoms with Gasteiger partial charge >= 0.3 is 0 Å². The molecule has 5 N–H and O–H groups in total. The van der Waals surface area contributed by atoms with Crippen molar-refractivity contribution in [3.63, 3.8) is 0 Å². The fourth-order valence-corrected chi connectivity index (χ4v) is 3.32. The first-order chi connectivity index (χ1) is 14.7. The van der Waals surface area contributed by atoms with Crippen molar-refractivity contribution in [2.24, 2.45) is 0 Å². The zero-order chi connectivity index (χ0) is 20.8. The summed E-state index contributed by atoms with van der Waals surface area (Å²) in [4.78, 5) is 15.8. The van der Waals surface area contributed by atoms with E-state index in [1.165, 1.54) is 0 Å². The molecule has 1 fully saturated rings. The number of rotatable bonds is 7. The lowest BCUT2D eigenvalue weighted by atomic mass is 10.3. The molecule has 30 heavy (non-hydrogen) atoms. The van der Waals surface area contributed by atoms with E-state index in [-0.39, 0.29) is 0 Å². The van der Waals surface area contributed by atoms with E-state index in [2.05, 4.69) is 40.5 Å². The Bertz CT molecular complexity index is 997. The van der Waals surface area contributed by atoms with Crippen LogP contribution in [0.1, 0.15) is 0 Å². The molecule has 1 aromatic heterocycles. The van der Waals surface area contributed by atoms with Crippen LogP contribution in [0.4, 0.5) is 34.9 Å². The Kier molecular flexibility index (Phi) is 6.32. The normalized spacial score (nSPS) is 14.8. The number of para-hydroxylation sites is 1. The molecule has 0 radical (unpaired) electrons. The standard InChI is InChI=1S/C19H22N8O2S/c28-30(29)26-16-8-6-15(7-9-16)22-18-23-17(21-14-4-2-1-3-5-14)24-19(25-18)27-12-10-20-11-13-27/h1-9,20,26H,10-13H2,(H,28,29)(H2,21,22,23,24,25). The Balaban J connectivity index is 1.58. The molecule has 1 unspecified atom stereocenters. The second kappa shape index (κ2) is 9.48. The van der Waals surface area contributed by atoms with Gasteiger partial charge in [-0.05, 0) is 36.4 Å². The highest BCUT2D eigenvalue weighted by Gasteiger charge is 2.16. The first kappa shape index (κ1) is 20.0. The monoisotopic (exact) mass is 426 g/mol. The molecule has 1 saturated heterocycles. The summed E-state index contributed by atoms with van der Waals surface area (Å²) in [6.45, 7) is 3.37. The average molecular weight is 427 g/mol. The summed E-state index contributed by atoms with van der Waals surface area (Å²) in [5.74, 6) is 1.45. The number of nitrogens with one attached hydrogen (secondary N) is 4. The van der Waals surface area contributed by atoms with Gasteiger partial charge in [-0.2, -0.15) is 15.0 Å². The van der Waals surface area contributed by atoms with Gasteiger partial charge in [0.1, 0.15) is 0 Å². The Morgan fingerprint density at radius 2 is 1.40 bits per heavy atom. The van der Waals surface area contributed by atoms with Crippen molar-refractivity contribution in [3.05, 3.63) is 54.6 Å². The van der Waals surface area contributed by atoms with Crippen LogP contribution in [0.15, 0.2) is 54.6 Å². The smallest absolute Gasteiger partial charge is 0.259 e. The summed E-state index contributed by atoms with van der Waals surface area (Å²) in [6, 6.07) is 16.6. The highest BCUT2D eigenvalue weighted by Crippen LogP contribution is 2.21. The fourth-order valence-electron chi connectivity index (χ4n) is 2.98. The van der Waals surface area contributed by atoms with Crippen molar-refractivity contribution in [2.45, 2.75) is 0 Å². The maximum absolute atomic E-state index is 10.9. The van der Waals surface area contributed by atoms with E-state index in [1.54, 1.807) is 24.3 Å². The molecular formula is C19H22N8O2S. The predicted molar refractivity (Wildman–Crippen MR) is 119 cm³/mol. The molecule has 2 heterocycles. The quantitative estimate of drug-likeness (QED) is 0.362. The van der Waals surface area contributed by atoms with Crippen LogP contribution in [0.3, 0.4) is 0 Å². The van der Waals surface area contributed by atoms with Gasteiger partial charge in [0.15, 0.2) is 0 Å². The Labute approximate surface area is 176 Å². The maximum atomic E-state index is 10.9. The lowest BCUT2D eigenvalue weighted by Crippen LogP contribution is -2.44. The van der Waals surface area contributed by atoms with Crippen LogP contribution < -0.4 is 25.6 Å². The summed E-state index contributed by atoms with van der Waals surface area (Å²) in [6.07, 6.45) is 0. The zero-order valence-electron chi connectivity index (χ0n) is 16.1. The number of hydrogen-bond donors (Lipinski definition) is 5. The number of hydrogen-bond acceptors (Lipinski definition) is 8. The molecule has 4 rings (SSSR count). The van der Waals surface area contributed by atoms with E-state index in [9.17, 15) is 4.21 Å². The van der Waals surface area contributed by atoms with E-state index in [0.717, 1.165) is 37.6 Å². The molecule has 1 aliphatic heterocycles. The number of benzene rings is 2. The Morgan fingerprint density at radius 3 is 2.00 bits per heavy atom. The SMILES string of the molecule is O=S(O)Nc1ccc(Nc2nc(Nc3ccccc3)nc(N3CCNCC3)n2)cc1. The predicted octanol–water partition coefficient (Wildman–Crippen LogP) is 2.32. The summed E-state index contributed by atoms with van der Waals surface area (Å²) < 4.78 is 22.2. The number of piperazine rings is 1. The molecule has 156 valence electrons. The van der Waals surface area contributed by atoms with E-state index in [1.807, 2.05) is 30.3 Å². The van der Waals surface area contributed by atoms with Gasteiger partial charge in [-0.1, -0.05) is 18.2 Å². The number of nitrogens with zero attached hydrogens (tertiary/aromatic N) is 4. The lowest BCUT2D eigenvalue weighted by molar-refractivity contribution is 0.570. The van der Waals surface area contributed by atoms with Gasteiger partial charge < -0.3 is 20.9 Å². The molecule has 11 heteroatoms. The molecular weight excluding hydrogens is 404 g/mol. The fraction of sp³-hybridized carbons (Fsp3) is 0.211. The summed E-state index contributed by atoms with van der Waals surface area (Å²) in [5.41, 5.74) is 2.16. The average Bonchev–Trinajstić information content (AvgIpc) is 2.76. The van der Waals surface area contributed by atoms with Crippen LogP contribution in [-0.4, -0.2) is 49.9 Å². The van der Waals surface area contributed by atoms with Crippen LogP contribution >= 0.6 is 0 Å². The maximum Gasteiger partial charge on any atom is 0.259 e. The van der Waals surface area contributed by atoms with E-state index < -0.39 is 11.3 Å². The van der Waals surface area contributed by atoms with Crippen molar-refractivity contribution in [2.75, 3.05) is 46.4 Å². The molecule has 0 bridgehead atoms. The minimum absolute atomic E-state index is 0.406. The molecule has 0 saturated carbocycles.